The van der Waals surface area contributed by atoms with Crippen LogP contribution in [0.4, 0.5) is 5.69 Å². The van der Waals surface area contributed by atoms with E-state index >= 15 is 0 Å². The Balaban J connectivity index is 1.65. The van der Waals surface area contributed by atoms with Crippen LogP contribution in [0.3, 0.4) is 0 Å². The number of nitrogens with one attached hydrogen (secondary N) is 1. The van der Waals surface area contributed by atoms with Crippen molar-refractivity contribution in [2.75, 3.05) is 11.9 Å². The van der Waals surface area contributed by atoms with Crippen LogP contribution in [0.15, 0.2) is 60.1 Å². The highest BCUT2D eigenvalue weighted by molar-refractivity contribution is 7.09. The summed E-state index contributed by atoms with van der Waals surface area (Å²) in [6, 6.07) is 14.4. The first kappa shape index (κ1) is 17.9. The van der Waals surface area contributed by atoms with Crippen LogP contribution in [0.5, 0.6) is 0 Å². The first-order valence-electron chi connectivity index (χ1n) is 8.43. The lowest BCUT2D eigenvalue weighted by Gasteiger charge is -2.10. The van der Waals surface area contributed by atoms with Gasteiger partial charge in [-0.05, 0) is 54.3 Å². The molecular formula is C20H20N2O3S. The highest BCUT2D eigenvalue weighted by atomic mass is 32.1. The molecule has 3 rings (SSSR count). The zero-order valence-corrected chi connectivity index (χ0v) is 15.3. The lowest BCUT2D eigenvalue weighted by molar-refractivity contribution is 0.0505. The van der Waals surface area contributed by atoms with E-state index in [1.807, 2.05) is 41.3 Å². The Labute approximate surface area is 156 Å². The molecule has 0 unspecified atom stereocenters. The fourth-order valence-corrected chi connectivity index (χ4v) is 3.19. The molecule has 1 N–H and O–H groups in total. The smallest absolute Gasteiger partial charge is 0.338 e. The summed E-state index contributed by atoms with van der Waals surface area (Å²) in [4.78, 5) is 25.6. The van der Waals surface area contributed by atoms with Crippen LogP contribution in [0, 0.1) is 0 Å². The van der Waals surface area contributed by atoms with Crippen molar-refractivity contribution in [1.82, 2.24) is 4.57 Å². The fraction of sp³-hybridized carbons (Fsp3) is 0.200. The molecular weight excluding hydrogens is 348 g/mol. The van der Waals surface area contributed by atoms with Crippen molar-refractivity contribution in [3.05, 3.63) is 76.2 Å². The summed E-state index contributed by atoms with van der Waals surface area (Å²) in [6.07, 6.45) is 2.67. The minimum Gasteiger partial charge on any atom is -0.462 e. The number of hydrogen-bond acceptors (Lipinski definition) is 4. The number of nitrogens with zero attached hydrogens (tertiary/aromatic N) is 1. The molecule has 0 radical (unpaired) electrons. The fourth-order valence-electron chi connectivity index (χ4n) is 2.49. The van der Waals surface area contributed by atoms with E-state index in [0.29, 0.717) is 30.1 Å². The molecule has 26 heavy (non-hydrogen) atoms. The number of anilines is 1. The first-order valence-corrected chi connectivity index (χ1v) is 9.31. The summed E-state index contributed by atoms with van der Waals surface area (Å²) in [5.74, 6) is -0.539. The second-order valence-corrected chi connectivity index (χ2v) is 6.80. The van der Waals surface area contributed by atoms with E-state index in [4.69, 9.17) is 4.74 Å². The van der Waals surface area contributed by atoms with Crippen molar-refractivity contribution in [3.63, 3.8) is 0 Å². The number of esters is 1. The van der Waals surface area contributed by atoms with E-state index in [-0.39, 0.29) is 11.9 Å². The van der Waals surface area contributed by atoms with Crippen LogP contribution in [-0.2, 0) is 11.3 Å². The van der Waals surface area contributed by atoms with Gasteiger partial charge in [0.05, 0.1) is 18.7 Å². The highest BCUT2D eigenvalue weighted by Crippen LogP contribution is 2.16. The summed E-state index contributed by atoms with van der Waals surface area (Å²) >= 11 is 1.66. The maximum atomic E-state index is 12.6. The van der Waals surface area contributed by atoms with Crippen molar-refractivity contribution in [3.8, 4) is 0 Å². The third kappa shape index (κ3) is 4.40. The Bertz CT molecular complexity index is 867. The van der Waals surface area contributed by atoms with Gasteiger partial charge >= 0.3 is 5.97 Å². The molecule has 2 aromatic heterocycles. The van der Waals surface area contributed by atoms with E-state index < -0.39 is 0 Å². The van der Waals surface area contributed by atoms with Crippen molar-refractivity contribution in [1.29, 1.82) is 0 Å². The van der Waals surface area contributed by atoms with Crippen molar-refractivity contribution < 1.29 is 14.3 Å². The molecule has 0 atom stereocenters. The van der Waals surface area contributed by atoms with Gasteiger partial charge in [-0.25, -0.2) is 4.79 Å². The van der Waals surface area contributed by atoms with Gasteiger partial charge in [0, 0.05) is 16.8 Å². The third-order valence-electron chi connectivity index (χ3n) is 3.78. The average Bonchev–Trinajstić information content (AvgIpc) is 3.32. The van der Waals surface area contributed by atoms with E-state index in [1.165, 1.54) is 4.88 Å². The lowest BCUT2D eigenvalue weighted by atomic mass is 10.2. The van der Waals surface area contributed by atoms with Crippen LogP contribution in [0.25, 0.3) is 0 Å². The second-order valence-electron chi connectivity index (χ2n) is 5.77. The van der Waals surface area contributed by atoms with Gasteiger partial charge in [0.1, 0.15) is 5.69 Å². The van der Waals surface area contributed by atoms with Gasteiger partial charge in [-0.15, -0.1) is 11.3 Å². The van der Waals surface area contributed by atoms with Crippen LogP contribution >= 0.6 is 11.3 Å². The summed E-state index contributed by atoms with van der Waals surface area (Å²) in [7, 11) is 0. The zero-order chi connectivity index (χ0) is 18.4. The number of amides is 1. The van der Waals surface area contributed by atoms with Gasteiger partial charge in [0.25, 0.3) is 5.91 Å². The lowest BCUT2D eigenvalue weighted by Crippen LogP contribution is -2.17. The summed E-state index contributed by atoms with van der Waals surface area (Å²) in [5, 5.41) is 4.88. The largest absolute Gasteiger partial charge is 0.462 e. The summed E-state index contributed by atoms with van der Waals surface area (Å²) < 4.78 is 7.01. The molecule has 134 valence electrons. The predicted molar refractivity (Wildman–Crippen MR) is 103 cm³/mol. The molecule has 3 aromatic rings. The third-order valence-corrected chi connectivity index (χ3v) is 4.65. The summed E-state index contributed by atoms with van der Waals surface area (Å²) in [5.41, 5.74) is 1.69. The summed E-state index contributed by atoms with van der Waals surface area (Å²) in [6.45, 7) is 3.01. The Hall–Kier alpha value is -2.86. The van der Waals surface area contributed by atoms with Gasteiger partial charge in [0.15, 0.2) is 0 Å². The number of ether oxygens (including phenoxy) is 1. The van der Waals surface area contributed by atoms with Gasteiger partial charge in [0.2, 0.25) is 0 Å². The average molecular weight is 368 g/mol. The van der Waals surface area contributed by atoms with Crippen molar-refractivity contribution >= 4 is 28.9 Å². The van der Waals surface area contributed by atoms with E-state index in [9.17, 15) is 9.59 Å². The van der Waals surface area contributed by atoms with Crippen LogP contribution in [0.2, 0.25) is 0 Å². The molecule has 1 amide bonds. The molecule has 2 heterocycles. The Morgan fingerprint density at radius 3 is 2.62 bits per heavy atom. The molecule has 0 fully saturated rings. The number of benzene rings is 1. The molecule has 6 heteroatoms. The molecule has 0 saturated heterocycles. The van der Waals surface area contributed by atoms with Gasteiger partial charge in [-0.3, -0.25) is 4.79 Å². The quantitative estimate of drug-likeness (QED) is 0.628. The minimum absolute atomic E-state index is 0.187. The van der Waals surface area contributed by atoms with Crippen LogP contribution in [0.1, 0.15) is 39.1 Å². The standard InChI is InChI=1S/C20H20N2O3S/c1-2-12-25-20(24)15-7-9-16(10-8-15)21-19(23)18-6-3-11-22(18)14-17-5-4-13-26-17/h3-11,13H,2,12,14H2,1H3,(H,21,23). The minimum atomic E-state index is -0.352. The molecule has 0 bridgehead atoms. The molecule has 0 spiro atoms. The Morgan fingerprint density at radius 2 is 1.92 bits per heavy atom. The predicted octanol–water partition coefficient (Wildman–Crippen LogP) is 4.42. The number of thiophene rings is 1. The normalized spacial score (nSPS) is 10.5. The van der Waals surface area contributed by atoms with Crippen molar-refractivity contribution in [2.45, 2.75) is 19.9 Å². The number of carbonyl (C=O) groups excluding carboxylic acids is 2. The maximum absolute atomic E-state index is 12.6. The van der Waals surface area contributed by atoms with E-state index in [2.05, 4.69) is 5.32 Å². The Kier molecular flexibility index (Phi) is 5.86. The number of rotatable bonds is 7. The van der Waals surface area contributed by atoms with Gasteiger partial charge in [-0.2, -0.15) is 0 Å². The maximum Gasteiger partial charge on any atom is 0.338 e. The van der Waals surface area contributed by atoms with E-state index in [1.54, 1.807) is 41.7 Å². The van der Waals surface area contributed by atoms with Crippen LogP contribution in [-0.4, -0.2) is 23.1 Å². The molecule has 0 aliphatic carbocycles. The highest BCUT2D eigenvalue weighted by Gasteiger charge is 2.12. The number of carbonyl (C=O) groups is 2. The Morgan fingerprint density at radius 1 is 1.12 bits per heavy atom. The topological polar surface area (TPSA) is 60.3 Å². The van der Waals surface area contributed by atoms with E-state index in [0.717, 1.165) is 6.42 Å². The van der Waals surface area contributed by atoms with Gasteiger partial charge < -0.3 is 14.6 Å². The number of aromatic nitrogens is 1. The monoisotopic (exact) mass is 368 g/mol. The molecule has 0 aliphatic rings. The zero-order valence-electron chi connectivity index (χ0n) is 14.5. The molecule has 5 nitrogen and oxygen atoms in total. The second kappa shape index (κ2) is 8.49. The van der Waals surface area contributed by atoms with Crippen LogP contribution < -0.4 is 5.32 Å². The molecule has 0 saturated carbocycles. The molecule has 1 aromatic carbocycles. The van der Waals surface area contributed by atoms with Crippen molar-refractivity contribution in [2.24, 2.45) is 0 Å². The first-order chi connectivity index (χ1) is 12.7. The molecule has 0 aliphatic heterocycles. The van der Waals surface area contributed by atoms with Gasteiger partial charge in [-0.1, -0.05) is 13.0 Å². The number of hydrogen-bond donors (Lipinski definition) is 1. The SMILES string of the molecule is CCCOC(=O)c1ccc(NC(=O)c2cccn2Cc2cccs2)cc1.